The molecule has 2 aromatic rings. The number of primary amides is 1. The fraction of sp³-hybridized carbons (Fsp3) is 0.316. The van der Waals surface area contributed by atoms with Crippen LogP contribution in [0.3, 0.4) is 0 Å². The second kappa shape index (κ2) is 7.29. The number of ether oxygens (including phenoxy) is 1. The van der Waals surface area contributed by atoms with Gasteiger partial charge >= 0.3 is 0 Å². The molecule has 2 N–H and O–H groups in total. The number of hydrogen-bond acceptors (Lipinski definition) is 3. The Bertz CT molecular complexity index is 657. The molecule has 1 unspecified atom stereocenters. The van der Waals surface area contributed by atoms with E-state index in [1.54, 1.807) is 0 Å². The number of carbonyl (C=O) groups excluding carboxylic acids is 1. The molecule has 120 valence electrons. The molecule has 1 atom stereocenters. The molecular weight excluding hydrogens is 288 g/mol. The summed E-state index contributed by atoms with van der Waals surface area (Å²) in [6.07, 6.45) is 1.86. The summed E-state index contributed by atoms with van der Waals surface area (Å²) in [7, 11) is 0. The quantitative estimate of drug-likeness (QED) is 0.892. The van der Waals surface area contributed by atoms with Gasteiger partial charge in [0.1, 0.15) is 12.4 Å². The molecule has 0 radical (unpaired) electrons. The highest BCUT2D eigenvalue weighted by Gasteiger charge is 2.29. The van der Waals surface area contributed by atoms with Gasteiger partial charge in [-0.25, -0.2) is 0 Å². The first-order valence-electron chi connectivity index (χ1n) is 8.02. The van der Waals surface area contributed by atoms with E-state index in [1.807, 2.05) is 48.5 Å². The van der Waals surface area contributed by atoms with Crippen molar-refractivity contribution in [3.63, 3.8) is 0 Å². The molecule has 4 heteroatoms. The molecule has 0 aromatic heterocycles. The summed E-state index contributed by atoms with van der Waals surface area (Å²) in [5.74, 6) is 0.636. The lowest BCUT2D eigenvalue weighted by atomic mass is 10.1. The summed E-state index contributed by atoms with van der Waals surface area (Å²) in [6.45, 7) is 2.14. The van der Waals surface area contributed by atoms with E-state index >= 15 is 0 Å². The zero-order valence-electron chi connectivity index (χ0n) is 13.2. The zero-order valence-corrected chi connectivity index (χ0v) is 13.2. The number of nitrogens with zero attached hydrogens (tertiary/aromatic N) is 1. The third-order valence-electron chi connectivity index (χ3n) is 4.28. The van der Waals surface area contributed by atoms with E-state index in [1.165, 1.54) is 0 Å². The van der Waals surface area contributed by atoms with Crippen LogP contribution in [0.25, 0.3) is 0 Å². The number of rotatable bonds is 6. The van der Waals surface area contributed by atoms with Gasteiger partial charge in [-0.2, -0.15) is 0 Å². The van der Waals surface area contributed by atoms with Crippen LogP contribution in [0.5, 0.6) is 5.75 Å². The molecule has 1 aliphatic rings. The summed E-state index contributed by atoms with van der Waals surface area (Å²) in [6, 6.07) is 18.0. The number of nitrogens with two attached hydrogens (primary N) is 1. The largest absolute Gasteiger partial charge is 0.489 e. The van der Waals surface area contributed by atoms with Crippen molar-refractivity contribution in [2.45, 2.75) is 32.0 Å². The summed E-state index contributed by atoms with van der Waals surface area (Å²) < 4.78 is 5.99. The lowest BCUT2D eigenvalue weighted by Gasteiger charge is -2.23. The van der Waals surface area contributed by atoms with E-state index in [2.05, 4.69) is 11.0 Å². The average molecular weight is 310 g/mol. The van der Waals surface area contributed by atoms with Gasteiger partial charge in [0, 0.05) is 12.1 Å². The van der Waals surface area contributed by atoms with Gasteiger partial charge in [-0.15, -0.1) is 0 Å². The molecule has 0 bridgehead atoms. The number of benzene rings is 2. The van der Waals surface area contributed by atoms with Gasteiger partial charge in [0.2, 0.25) is 5.91 Å². The maximum atomic E-state index is 11.5. The molecule has 2 aromatic carbocycles. The number of hydrogen-bond donors (Lipinski definition) is 1. The first-order valence-corrected chi connectivity index (χ1v) is 8.02. The van der Waals surface area contributed by atoms with Gasteiger partial charge in [-0.3, -0.25) is 9.69 Å². The Morgan fingerprint density at radius 2 is 1.87 bits per heavy atom. The minimum atomic E-state index is -0.231. The predicted octanol–water partition coefficient (Wildman–Crippen LogP) is 2.72. The molecule has 1 fully saturated rings. The summed E-state index contributed by atoms with van der Waals surface area (Å²) >= 11 is 0. The first kappa shape index (κ1) is 15.6. The molecule has 1 heterocycles. The van der Waals surface area contributed by atoms with Gasteiger partial charge < -0.3 is 10.5 Å². The third-order valence-corrected chi connectivity index (χ3v) is 4.28. The average Bonchev–Trinajstić information content (AvgIpc) is 3.03. The highest BCUT2D eigenvalue weighted by Crippen LogP contribution is 2.25. The minimum Gasteiger partial charge on any atom is -0.489 e. The molecule has 23 heavy (non-hydrogen) atoms. The fourth-order valence-corrected chi connectivity index (χ4v) is 3.07. The Kier molecular flexibility index (Phi) is 4.93. The number of likely N-dealkylation sites (tertiary alicyclic amines) is 1. The number of amides is 1. The Morgan fingerprint density at radius 3 is 2.65 bits per heavy atom. The van der Waals surface area contributed by atoms with Crippen molar-refractivity contribution >= 4 is 5.91 Å². The van der Waals surface area contributed by atoms with E-state index in [9.17, 15) is 4.79 Å². The van der Waals surface area contributed by atoms with E-state index < -0.39 is 0 Å². The van der Waals surface area contributed by atoms with Gasteiger partial charge in [-0.05, 0) is 31.0 Å². The van der Waals surface area contributed by atoms with Gasteiger partial charge in [0.05, 0.1) is 6.04 Å². The van der Waals surface area contributed by atoms with E-state index in [0.29, 0.717) is 13.2 Å². The van der Waals surface area contributed by atoms with Crippen LogP contribution in [0.2, 0.25) is 0 Å². The monoisotopic (exact) mass is 310 g/mol. The van der Waals surface area contributed by atoms with Crippen molar-refractivity contribution < 1.29 is 9.53 Å². The Hall–Kier alpha value is -2.33. The molecule has 0 spiro atoms. The van der Waals surface area contributed by atoms with Crippen molar-refractivity contribution in [1.29, 1.82) is 0 Å². The molecule has 0 aliphatic carbocycles. The number of carbonyl (C=O) groups is 1. The van der Waals surface area contributed by atoms with Crippen LogP contribution in [0.1, 0.15) is 24.0 Å². The first-order chi connectivity index (χ1) is 11.2. The maximum Gasteiger partial charge on any atom is 0.234 e. The lowest BCUT2D eigenvalue weighted by Crippen LogP contribution is -2.39. The van der Waals surface area contributed by atoms with Crippen LogP contribution in [0, 0.1) is 0 Å². The van der Waals surface area contributed by atoms with Crippen molar-refractivity contribution in [2.75, 3.05) is 6.54 Å². The molecule has 1 amide bonds. The van der Waals surface area contributed by atoms with Crippen molar-refractivity contribution in [2.24, 2.45) is 5.73 Å². The zero-order chi connectivity index (χ0) is 16.1. The van der Waals surface area contributed by atoms with Crippen LogP contribution in [-0.2, 0) is 17.9 Å². The SMILES string of the molecule is NC(=O)C1CCCN1Cc1ccccc1OCc1ccccc1. The van der Waals surface area contributed by atoms with E-state index in [-0.39, 0.29) is 11.9 Å². The fourth-order valence-electron chi connectivity index (χ4n) is 3.07. The van der Waals surface area contributed by atoms with Crippen molar-refractivity contribution in [3.8, 4) is 5.75 Å². The highest BCUT2D eigenvalue weighted by atomic mass is 16.5. The summed E-state index contributed by atoms with van der Waals surface area (Å²) in [5, 5.41) is 0. The van der Waals surface area contributed by atoms with Gasteiger partial charge in [0.15, 0.2) is 0 Å². The molecule has 1 aliphatic heterocycles. The molecule has 0 saturated carbocycles. The molecular formula is C19H22N2O2. The minimum absolute atomic E-state index is 0.155. The molecule has 4 nitrogen and oxygen atoms in total. The van der Waals surface area contributed by atoms with Gasteiger partial charge in [0.25, 0.3) is 0 Å². The summed E-state index contributed by atoms with van der Waals surface area (Å²) in [4.78, 5) is 13.7. The van der Waals surface area contributed by atoms with Crippen molar-refractivity contribution in [1.82, 2.24) is 4.90 Å². The van der Waals surface area contributed by atoms with Crippen LogP contribution in [-0.4, -0.2) is 23.4 Å². The van der Waals surface area contributed by atoms with E-state index in [0.717, 1.165) is 36.3 Å². The van der Waals surface area contributed by atoms with Crippen LogP contribution in [0.4, 0.5) is 0 Å². The highest BCUT2D eigenvalue weighted by molar-refractivity contribution is 5.80. The lowest BCUT2D eigenvalue weighted by molar-refractivity contribution is -0.122. The standard InChI is InChI=1S/C19H22N2O2/c20-19(22)17-10-6-12-21(17)13-16-9-4-5-11-18(16)23-14-15-7-2-1-3-8-15/h1-5,7-9,11,17H,6,10,12-14H2,(H2,20,22). The third kappa shape index (κ3) is 3.90. The Balaban J connectivity index is 1.69. The smallest absolute Gasteiger partial charge is 0.234 e. The molecule has 3 rings (SSSR count). The summed E-state index contributed by atoms with van der Waals surface area (Å²) in [5.41, 5.74) is 7.73. The van der Waals surface area contributed by atoms with Crippen LogP contribution in [0.15, 0.2) is 54.6 Å². The second-order valence-electron chi connectivity index (χ2n) is 5.91. The topological polar surface area (TPSA) is 55.6 Å². The Morgan fingerprint density at radius 1 is 1.13 bits per heavy atom. The predicted molar refractivity (Wildman–Crippen MR) is 89.8 cm³/mol. The number of para-hydroxylation sites is 1. The van der Waals surface area contributed by atoms with Crippen LogP contribution < -0.4 is 10.5 Å². The van der Waals surface area contributed by atoms with Crippen molar-refractivity contribution in [3.05, 3.63) is 65.7 Å². The molecule has 1 saturated heterocycles. The van der Waals surface area contributed by atoms with Gasteiger partial charge in [-0.1, -0.05) is 48.5 Å². The van der Waals surface area contributed by atoms with Crippen LogP contribution >= 0.6 is 0 Å². The normalized spacial score (nSPS) is 18.0. The second-order valence-corrected chi connectivity index (χ2v) is 5.91. The van der Waals surface area contributed by atoms with E-state index in [4.69, 9.17) is 10.5 Å². The Labute approximate surface area is 136 Å². The maximum absolute atomic E-state index is 11.5.